The Morgan fingerprint density at radius 1 is 1.39 bits per heavy atom. The van der Waals surface area contributed by atoms with E-state index >= 15 is 0 Å². The molecule has 18 heavy (non-hydrogen) atoms. The average Bonchev–Trinajstić information content (AvgIpc) is 2.34. The topological polar surface area (TPSA) is 63.8 Å². The van der Waals surface area contributed by atoms with Crippen LogP contribution in [-0.4, -0.2) is 9.97 Å². The lowest BCUT2D eigenvalue weighted by atomic mass is 10.1. The molecule has 2 aromatic rings. The normalized spacial score (nSPS) is 12.2. The number of anilines is 2. The minimum atomic E-state index is -0.250. The summed E-state index contributed by atoms with van der Waals surface area (Å²) in [6, 6.07) is 6.40. The third-order valence-corrected chi connectivity index (χ3v) is 2.69. The molecule has 0 aliphatic rings. The molecule has 0 saturated heterocycles. The van der Waals surface area contributed by atoms with Crippen molar-refractivity contribution in [3.8, 4) is 0 Å². The monoisotopic (exact) mass is 246 g/mol. The van der Waals surface area contributed by atoms with Crippen molar-refractivity contribution in [2.75, 3.05) is 11.1 Å². The molecule has 0 aliphatic heterocycles. The third-order valence-electron chi connectivity index (χ3n) is 2.69. The fourth-order valence-corrected chi connectivity index (χ4v) is 1.67. The first-order chi connectivity index (χ1) is 8.56. The van der Waals surface area contributed by atoms with Crippen LogP contribution in [0.3, 0.4) is 0 Å². The van der Waals surface area contributed by atoms with Gasteiger partial charge in [0.2, 0.25) is 5.95 Å². The summed E-state index contributed by atoms with van der Waals surface area (Å²) in [7, 11) is 0. The Labute approximate surface area is 105 Å². The van der Waals surface area contributed by atoms with Gasteiger partial charge in [0.1, 0.15) is 11.6 Å². The molecule has 94 valence electrons. The van der Waals surface area contributed by atoms with Gasteiger partial charge in [-0.1, -0.05) is 12.1 Å². The van der Waals surface area contributed by atoms with Crippen LogP contribution in [0.4, 0.5) is 16.2 Å². The number of hydrogen-bond donors (Lipinski definition) is 2. The Bertz CT molecular complexity index is 556. The first-order valence-corrected chi connectivity index (χ1v) is 5.67. The zero-order valence-corrected chi connectivity index (χ0v) is 10.3. The van der Waals surface area contributed by atoms with Crippen molar-refractivity contribution in [2.45, 2.75) is 19.9 Å². The highest BCUT2D eigenvalue weighted by molar-refractivity contribution is 5.47. The van der Waals surface area contributed by atoms with Gasteiger partial charge in [0.15, 0.2) is 0 Å². The molecule has 5 heteroatoms. The van der Waals surface area contributed by atoms with E-state index in [1.54, 1.807) is 12.3 Å². The molecule has 2 rings (SSSR count). The Kier molecular flexibility index (Phi) is 3.41. The SMILES string of the molecule is Cc1cnc(N)nc1NC(C)c1cccc(F)c1. The third kappa shape index (κ3) is 2.74. The standard InChI is InChI=1S/C13H15FN4/c1-8-7-16-13(15)18-12(8)17-9(2)10-4-3-5-11(14)6-10/h3-7,9H,1-2H3,(H3,15,16,17,18). The Hall–Kier alpha value is -2.17. The smallest absolute Gasteiger partial charge is 0.221 e. The van der Waals surface area contributed by atoms with Crippen LogP contribution in [0.2, 0.25) is 0 Å². The lowest BCUT2D eigenvalue weighted by Gasteiger charge is -2.16. The van der Waals surface area contributed by atoms with Gasteiger partial charge >= 0.3 is 0 Å². The molecule has 1 aromatic heterocycles. The van der Waals surface area contributed by atoms with Gasteiger partial charge in [0.05, 0.1) is 6.04 Å². The lowest BCUT2D eigenvalue weighted by molar-refractivity contribution is 0.623. The molecule has 0 amide bonds. The van der Waals surface area contributed by atoms with Crippen molar-refractivity contribution >= 4 is 11.8 Å². The maximum Gasteiger partial charge on any atom is 0.221 e. The maximum atomic E-state index is 13.1. The summed E-state index contributed by atoms with van der Waals surface area (Å²) >= 11 is 0. The van der Waals surface area contributed by atoms with Crippen LogP contribution in [0.25, 0.3) is 0 Å². The molecular weight excluding hydrogens is 231 g/mol. The highest BCUT2D eigenvalue weighted by atomic mass is 19.1. The minimum absolute atomic E-state index is 0.0614. The number of rotatable bonds is 3. The van der Waals surface area contributed by atoms with Gasteiger partial charge in [0.25, 0.3) is 0 Å². The molecule has 0 radical (unpaired) electrons. The lowest BCUT2D eigenvalue weighted by Crippen LogP contribution is -2.10. The van der Waals surface area contributed by atoms with Gasteiger partial charge in [-0.2, -0.15) is 4.98 Å². The van der Waals surface area contributed by atoms with Crippen LogP contribution in [-0.2, 0) is 0 Å². The molecule has 1 heterocycles. The molecular formula is C13H15FN4. The fraction of sp³-hybridized carbons (Fsp3) is 0.231. The number of benzene rings is 1. The van der Waals surface area contributed by atoms with E-state index in [9.17, 15) is 4.39 Å². The van der Waals surface area contributed by atoms with Crippen molar-refractivity contribution in [1.29, 1.82) is 0 Å². The second-order valence-electron chi connectivity index (χ2n) is 4.18. The number of halogens is 1. The zero-order chi connectivity index (χ0) is 13.1. The molecule has 1 aromatic carbocycles. The van der Waals surface area contributed by atoms with E-state index < -0.39 is 0 Å². The van der Waals surface area contributed by atoms with Crippen LogP contribution in [0, 0.1) is 12.7 Å². The molecule has 0 spiro atoms. The van der Waals surface area contributed by atoms with E-state index in [4.69, 9.17) is 5.73 Å². The van der Waals surface area contributed by atoms with Gasteiger partial charge in [-0.15, -0.1) is 0 Å². The van der Waals surface area contributed by atoms with Crippen molar-refractivity contribution in [3.63, 3.8) is 0 Å². The van der Waals surface area contributed by atoms with Crippen LogP contribution in [0.15, 0.2) is 30.5 Å². The Morgan fingerprint density at radius 2 is 2.17 bits per heavy atom. The summed E-state index contributed by atoms with van der Waals surface area (Å²) in [5.41, 5.74) is 7.29. The van der Waals surface area contributed by atoms with Crippen molar-refractivity contribution in [1.82, 2.24) is 9.97 Å². The molecule has 0 bridgehead atoms. The summed E-state index contributed by atoms with van der Waals surface area (Å²) in [5, 5.41) is 3.20. The van der Waals surface area contributed by atoms with Crippen LogP contribution >= 0.6 is 0 Å². The van der Waals surface area contributed by atoms with Crippen LogP contribution in [0.1, 0.15) is 24.1 Å². The number of hydrogen-bond acceptors (Lipinski definition) is 4. The first kappa shape index (κ1) is 12.3. The average molecular weight is 246 g/mol. The van der Waals surface area contributed by atoms with E-state index in [0.717, 1.165) is 11.1 Å². The Balaban J connectivity index is 2.21. The van der Waals surface area contributed by atoms with Gasteiger partial charge in [0, 0.05) is 11.8 Å². The number of nitrogen functional groups attached to an aromatic ring is 1. The molecule has 0 aliphatic carbocycles. The van der Waals surface area contributed by atoms with E-state index in [-0.39, 0.29) is 17.8 Å². The zero-order valence-electron chi connectivity index (χ0n) is 10.3. The second-order valence-corrected chi connectivity index (χ2v) is 4.18. The van der Waals surface area contributed by atoms with Crippen molar-refractivity contribution in [2.24, 2.45) is 0 Å². The summed E-state index contributed by atoms with van der Waals surface area (Å²) in [4.78, 5) is 8.02. The Morgan fingerprint density at radius 3 is 2.89 bits per heavy atom. The number of aromatic nitrogens is 2. The van der Waals surface area contributed by atoms with Gasteiger partial charge in [-0.3, -0.25) is 0 Å². The second kappa shape index (κ2) is 5.00. The van der Waals surface area contributed by atoms with E-state index in [2.05, 4.69) is 15.3 Å². The van der Waals surface area contributed by atoms with Gasteiger partial charge in [-0.25, -0.2) is 9.37 Å². The minimum Gasteiger partial charge on any atom is -0.368 e. The molecule has 3 N–H and O–H groups in total. The molecule has 0 saturated carbocycles. The highest BCUT2D eigenvalue weighted by Crippen LogP contribution is 2.20. The molecule has 0 fully saturated rings. The number of nitrogens with two attached hydrogens (primary N) is 1. The summed E-state index contributed by atoms with van der Waals surface area (Å²) in [5.74, 6) is 0.633. The number of aryl methyl sites for hydroxylation is 1. The van der Waals surface area contributed by atoms with E-state index in [0.29, 0.717) is 5.82 Å². The van der Waals surface area contributed by atoms with Gasteiger partial charge < -0.3 is 11.1 Å². The summed E-state index contributed by atoms with van der Waals surface area (Å²) in [6.45, 7) is 3.83. The first-order valence-electron chi connectivity index (χ1n) is 5.67. The highest BCUT2D eigenvalue weighted by Gasteiger charge is 2.09. The number of nitrogens with zero attached hydrogens (tertiary/aromatic N) is 2. The predicted molar refractivity (Wildman–Crippen MR) is 69.6 cm³/mol. The fourth-order valence-electron chi connectivity index (χ4n) is 1.67. The van der Waals surface area contributed by atoms with Crippen LogP contribution in [0.5, 0.6) is 0 Å². The summed E-state index contributed by atoms with van der Waals surface area (Å²) in [6.07, 6.45) is 1.66. The summed E-state index contributed by atoms with van der Waals surface area (Å²) < 4.78 is 13.1. The van der Waals surface area contributed by atoms with Crippen molar-refractivity contribution < 1.29 is 4.39 Å². The van der Waals surface area contributed by atoms with Crippen LogP contribution < -0.4 is 11.1 Å². The van der Waals surface area contributed by atoms with E-state index in [1.165, 1.54) is 12.1 Å². The van der Waals surface area contributed by atoms with Crippen molar-refractivity contribution in [3.05, 3.63) is 47.4 Å². The number of nitrogens with one attached hydrogen (secondary N) is 1. The van der Waals surface area contributed by atoms with Gasteiger partial charge in [-0.05, 0) is 31.5 Å². The van der Waals surface area contributed by atoms with E-state index in [1.807, 2.05) is 19.9 Å². The molecule has 4 nitrogen and oxygen atoms in total. The predicted octanol–water partition coefficient (Wildman–Crippen LogP) is 2.68. The quantitative estimate of drug-likeness (QED) is 0.874. The maximum absolute atomic E-state index is 13.1. The molecule has 1 atom stereocenters. The largest absolute Gasteiger partial charge is 0.368 e. The molecule has 1 unspecified atom stereocenters.